The molecule has 0 spiro atoms. The number of para-hydroxylation sites is 2. The van der Waals surface area contributed by atoms with Crippen LogP contribution in [0.25, 0.3) is 10.9 Å². The van der Waals surface area contributed by atoms with E-state index >= 15 is 0 Å². The van der Waals surface area contributed by atoms with E-state index in [-0.39, 0.29) is 5.69 Å². The Balaban J connectivity index is 1.80. The van der Waals surface area contributed by atoms with Crippen molar-refractivity contribution in [2.45, 2.75) is 20.3 Å². The molecule has 1 amide bonds. The summed E-state index contributed by atoms with van der Waals surface area (Å²) in [7, 11) is 0. The number of benzene rings is 2. The van der Waals surface area contributed by atoms with Gasteiger partial charge in [-0.05, 0) is 37.1 Å². The number of nitrogens with zero attached hydrogens (tertiary/aromatic N) is 1. The van der Waals surface area contributed by atoms with Gasteiger partial charge < -0.3 is 10.1 Å². The smallest absolute Gasteiger partial charge is 0.339 e. The van der Waals surface area contributed by atoms with Crippen LogP contribution in [-0.4, -0.2) is 23.5 Å². The standard InChI is InChI=1S/C21H18Cl2N2O3/c1-3-16-12(2)19(13-7-4-5-10-17(13)24-16)21(27)28-11-18(26)25-20-14(22)8-6-9-15(20)23/h4-10H,3,11H2,1-2H3,(H,25,26). The van der Waals surface area contributed by atoms with Crippen molar-refractivity contribution < 1.29 is 14.3 Å². The molecular formula is C21H18Cl2N2O3. The summed E-state index contributed by atoms with van der Waals surface area (Å²) in [6, 6.07) is 12.2. The van der Waals surface area contributed by atoms with Crippen molar-refractivity contribution in [3.8, 4) is 0 Å². The van der Waals surface area contributed by atoms with Crippen molar-refractivity contribution in [1.29, 1.82) is 0 Å². The number of nitrogens with one attached hydrogen (secondary N) is 1. The van der Waals surface area contributed by atoms with E-state index in [9.17, 15) is 9.59 Å². The summed E-state index contributed by atoms with van der Waals surface area (Å²) in [4.78, 5) is 29.6. The van der Waals surface area contributed by atoms with Crippen LogP contribution in [0, 0.1) is 6.92 Å². The molecular weight excluding hydrogens is 399 g/mol. The minimum absolute atomic E-state index is 0.283. The molecule has 1 heterocycles. The molecule has 7 heteroatoms. The molecule has 0 saturated carbocycles. The number of fused-ring (bicyclic) bond motifs is 1. The van der Waals surface area contributed by atoms with Crippen LogP contribution in [0.5, 0.6) is 0 Å². The number of aromatic nitrogens is 1. The van der Waals surface area contributed by atoms with E-state index in [1.807, 2.05) is 38.1 Å². The lowest BCUT2D eigenvalue weighted by Crippen LogP contribution is -2.22. The Labute approximate surface area is 172 Å². The van der Waals surface area contributed by atoms with Crippen LogP contribution in [0.4, 0.5) is 5.69 Å². The quantitative estimate of drug-likeness (QED) is 0.579. The number of carbonyl (C=O) groups is 2. The van der Waals surface area contributed by atoms with E-state index in [0.717, 1.165) is 11.3 Å². The fourth-order valence-electron chi connectivity index (χ4n) is 2.96. The van der Waals surface area contributed by atoms with Crippen molar-refractivity contribution >= 4 is 51.7 Å². The maximum Gasteiger partial charge on any atom is 0.339 e. The minimum Gasteiger partial charge on any atom is -0.452 e. The zero-order chi connectivity index (χ0) is 20.3. The molecule has 0 radical (unpaired) electrons. The van der Waals surface area contributed by atoms with E-state index in [4.69, 9.17) is 27.9 Å². The number of aryl methyl sites for hydroxylation is 1. The first kappa shape index (κ1) is 20.1. The predicted molar refractivity (Wildman–Crippen MR) is 111 cm³/mol. The lowest BCUT2D eigenvalue weighted by Gasteiger charge is -2.13. The fourth-order valence-corrected chi connectivity index (χ4v) is 3.45. The number of halogens is 2. The number of anilines is 1. The van der Waals surface area contributed by atoms with Crippen LogP contribution in [0.2, 0.25) is 10.0 Å². The number of pyridine rings is 1. The van der Waals surface area contributed by atoms with Gasteiger partial charge in [0.1, 0.15) is 0 Å². The SMILES string of the molecule is CCc1nc2ccccc2c(C(=O)OCC(=O)Nc2c(Cl)cccc2Cl)c1C. The summed E-state index contributed by atoms with van der Waals surface area (Å²) in [5.74, 6) is -1.11. The molecule has 0 fully saturated rings. The van der Waals surface area contributed by atoms with Gasteiger partial charge in [-0.1, -0.05) is 54.4 Å². The third kappa shape index (κ3) is 4.11. The molecule has 3 aromatic rings. The average molecular weight is 417 g/mol. The topological polar surface area (TPSA) is 68.3 Å². The van der Waals surface area contributed by atoms with E-state index in [2.05, 4.69) is 10.3 Å². The maximum atomic E-state index is 12.8. The van der Waals surface area contributed by atoms with E-state index in [1.54, 1.807) is 18.2 Å². The van der Waals surface area contributed by atoms with Crippen LogP contribution in [0.1, 0.15) is 28.5 Å². The molecule has 28 heavy (non-hydrogen) atoms. The third-order valence-electron chi connectivity index (χ3n) is 4.34. The van der Waals surface area contributed by atoms with Crippen molar-refractivity contribution in [3.63, 3.8) is 0 Å². The van der Waals surface area contributed by atoms with Crippen LogP contribution in [0.3, 0.4) is 0 Å². The van der Waals surface area contributed by atoms with Crippen LogP contribution < -0.4 is 5.32 Å². The molecule has 1 N–H and O–H groups in total. The van der Waals surface area contributed by atoms with Crippen molar-refractivity contribution in [3.05, 3.63) is 69.3 Å². The highest BCUT2D eigenvalue weighted by Gasteiger charge is 2.20. The normalized spacial score (nSPS) is 10.7. The molecule has 1 aromatic heterocycles. The highest BCUT2D eigenvalue weighted by molar-refractivity contribution is 6.39. The highest BCUT2D eigenvalue weighted by atomic mass is 35.5. The molecule has 0 aliphatic rings. The van der Waals surface area contributed by atoms with Crippen molar-refractivity contribution in [2.24, 2.45) is 0 Å². The Bertz CT molecular complexity index is 1050. The Morgan fingerprint density at radius 2 is 1.75 bits per heavy atom. The molecule has 0 saturated heterocycles. The van der Waals surface area contributed by atoms with Gasteiger partial charge in [-0.2, -0.15) is 0 Å². The number of rotatable bonds is 5. The largest absolute Gasteiger partial charge is 0.452 e. The lowest BCUT2D eigenvalue weighted by atomic mass is 10.0. The summed E-state index contributed by atoms with van der Waals surface area (Å²) in [5, 5.41) is 3.86. The first-order chi connectivity index (χ1) is 13.4. The van der Waals surface area contributed by atoms with Gasteiger partial charge >= 0.3 is 5.97 Å². The van der Waals surface area contributed by atoms with E-state index < -0.39 is 18.5 Å². The van der Waals surface area contributed by atoms with Gasteiger partial charge in [0.2, 0.25) is 0 Å². The van der Waals surface area contributed by atoms with Gasteiger partial charge in [0.05, 0.1) is 26.8 Å². The number of hydrogen-bond acceptors (Lipinski definition) is 4. The fraction of sp³-hybridized carbons (Fsp3) is 0.190. The molecule has 0 atom stereocenters. The minimum atomic E-state index is -0.578. The zero-order valence-electron chi connectivity index (χ0n) is 15.4. The summed E-state index contributed by atoms with van der Waals surface area (Å²) >= 11 is 12.1. The molecule has 0 unspecified atom stereocenters. The summed E-state index contributed by atoms with van der Waals surface area (Å²) in [6.45, 7) is 3.34. The Morgan fingerprint density at radius 1 is 1.07 bits per heavy atom. The third-order valence-corrected chi connectivity index (χ3v) is 4.97. The van der Waals surface area contributed by atoms with Gasteiger partial charge in [0, 0.05) is 11.1 Å². The van der Waals surface area contributed by atoms with Crippen LogP contribution >= 0.6 is 23.2 Å². The van der Waals surface area contributed by atoms with Crippen molar-refractivity contribution in [1.82, 2.24) is 4.98 Å². The molecule has 0 aliphatic heterocycles. The lowest BCUT2D eigenvalue weighted by molar-refractivity contribution is -0.119. The van der Waals surface area contributed by atoms with Gasteiger partial charge in [0.15, 0.2) is 6.61 Å². The van der Waals surface area contributed by atoms with Crippen LogP contribution in [0.15, 0.2) is 42.5 Å². The molecule has 3 rings (SSSR count). The molecule has 0 aliphatic carbocycles. The number of ether oxygens (including phenoxy) is 1. The average Bonchev–Trinajstić information content (AvgIpc) is 2.68. The molecule has 144 valence electrons. The van der Waals surface area contributed by atoms with Gasteiger partial charge in [-0.25, -0.2) is 4.79 Å². The summed E-state index contributed by atoms with van der Waals surface area (Å²) < 4.78 is 5.27. The second-order valence-corrected chi connectivity index (χ2v) is 6.96. The summed E-state index contributed by atoms with van der Waals surface area (Å²) in [5.41, 5.74) is 2.99. The number of esters is 1. The van der Waals surface area contributed by atoms with Crippen molar-refractivity contribution in [2.75, 3.05) is 11.9 Å². The Morgan fingerprint density at radius 3 is 2.43 bits per heavy atom. The number of hydrogen-bond donors (Lipinski definition) is 1. The summed E-state index contributed by atoms with van der Waals surface area (Å²) in [6.07, 6.45) is 0.683. The monoisotopic (exact) mass is 416 g/mol. The first-order valence-electron chi connectivity index (χ1n) is 8.71. The molecule has 2 aromatic carbocycles. The zero-order valence-corrected chi connectivity index (χ0v) is 16.9. The van der Waals surface area contributed by atoms with Gasteiger partial charge in [0.25, 0.3) is 5.91 Å². The van der Waals surface area contributed by atoms with E-state index in [1.165, 1.54) is 0 Å². The first-order valence-corrected chi connectivity index (χ1v) is 9.47. The Hall–Kier alpha value is -2.63. The Kier molecular flexibility index (Phi) is 6.17. The molecule has 5 nitrogen and oxygen atoms in total. The van der Waals surface area contributed by atoms with Crippen LogP contribution in [-0.2, 0) is 16.0 Å². The highest BCUT2D eigenvalue weighted by Crippen LogP contribution is 2.29. The number of carbonyl (C=O) groups excluding carboxylic acids is 2. The number of amides is 1. The second kappa shape index (κ2) is 8.59. The second-order valence-electron chi connectivity index (χ2n) is 6.15. The molecule has 0 bridgehead atoms. The van der Waals surface area contributed by atoms with Gasteiger partial charge in [-0.3, -0.25) is 9.78 Å². The predicted octanol–water partition coefficient (Wildman–Crippen LogP) is 5.21. The van der Waals surface area contributed by atoms with Gasteiger partial charge in [-0.15, -0.1) is 0 Å². The van der Waals surface area contributed by atoms with E-state index in [0.29, 0.717) is 32.9 Å². The maximum absolute atomic E-state index is 12.8.